The number of carbonyl (C=O) groups is 2. The standard InChI is InChI=1S/C17H23N5O3/c1-11-14(12(2)19-18-11)8-16(23)21-6-3-4-13(9-21)15-5-7-22(20-15)10-17(24)25/h5,7,13H,3-4,6,8-10H2,1-2H3,(H,18,19)(H,24,25). The Kier molecular flexibility index (Phi) is 4.87. The summed E-state index contributed by atoms with van der Waals surface area (Å²) in [5.74, 6) is -0.664. The van der Waals surface area contributed by atoms with E-state index in [9.17, 15) is 9.59 Å². The topological polar surface area (TPSA) is 104 Å². The fraction of sp³-hybridized carbons (Fsp3) is 0.529. The number of piperidine rings is 1. The number of nitrogens with one attached hydrogen (secondary N) is 1. The molecule has 134 valence electrons. The van der Waals surface area contributed by atoms with E-state index in [1.165, 1.54) is 4.68 Å². The Labute approximate surface area is 145 Å². The van der Waals surface area contributed by atoms with Gasteiger partial charge in [-0.05, 0) is 32.8 Å². The molecule has 0 aromatic carbocycles. The molecular weight excluding hydrogens is 322 g/mol. The Bertz CT molecular complexity index is 760. The summed E-state index contributed by atoms with van der Waals surface area (Å²) in [4.78, 5) is 25.3. The van der Waals surface area contributed by atoms with E-state index in [4.69, 9.17) is 5.11 Å². The second-order valence-corrected chi connectivity index (χ2v) is 6.60. The number of carboxylic acids is 1. The van der Waals surface area contributed by atoms with Gasteiger partial charge in [-0.15, -0.1) is 0 Å². The number of rotatable bonds is 5. The zero-order valence-electron chi connectivity index (χ0n) is 14.5. The van der Waals surface area contributed by atoms with Crippen molar-refractivity contribution in [3.05, 3.63) is 34.9 Å². The van der Waals surface area contributed by atoms with Crippen molar-refractivity contribution in [2.45, 2.75) is 45.6 Å². The van der Waals surface area contributed by atoms with Gasteiger partial charge in [0.15, 0.2) is 0 Å². The van der Waals surface area contributed by atoms with E-state index in [0.717, 1.165) is 42.0 Å². The van der Waals surface area contributed by atoms with Crippen LogP contribution in [0.5, 0.6) is 0 Å². The monoisotopic (exact) mass is 345 g/mol. The van der Waals surface area contributed by atoms with E-state index < -0.39 is 5.97 Å². The molecule has 0 radical (unpaired) electrons. The molecule has 1 amide bonds. The fourth-order valence-corrected chi connectivity index (χ4v) is 3.36. The van der Waals surface area contributed by atoms with Crippen LogP contribution in [-0.2, 0) is 22.6 Å². The smallest absolute Gasteiger partial charge is 0.325 e. The molecule has 3 heterocycles. The van der Waals surface area contributed by atoms with Crippen LogP contribution in [0.4, 0.5) is 0 Å². The van der Waals surface area contributed by atoms with Gasteiger partial charge in [-0.3, -0.25) is 19.4 Å². The molecule has 0 spiro atoms. The highest BCUT2D eigenvalue weighted by atomic mass is 16.4. The summed E-state index contributed by atoms with van der Waals surface area (Å²) >= 11 is 0. The van der Waals surface area contributed by atoms with E-state index in [2.05, 4.69) is 15.3 Å². The molecule has 8 heteroatoms. The van der Waals surface area contributed by atoms with Crippen LogP contribution in [0.3, 0.4) is 0 Å². The lowest BCUT2D eigenvalue weighted by Gasteiger charge is -2.32. The second kappa shape index (κ2) is 7.08. The highest BCUT2D eigenvalue weighted by Gasteiger charge is 2.27. The van der Waals surface area contributed by atoms with Crippen molar-refractivity contribution < 1.29 is 14.7 Å². The van der Waals surface area contributed by atoms with Crippen molar-refractivity contribution in [2.24, 2.45) is 0 Å². The number of hydrogen-bond acceptors (Lipinski definition) is 4. The van der Waals surface area contributed by atoms with E-state index in [0.29, 0.717) is 13.0 Å². The third-order valence-corrected chi connectivity index (χ3v) is 4.76. The number of amides is 1. The molecule has 8 nitrogen and oxygen atoms in total. The van der Waals surface area contributed by atoms with Crippen LogP contribution in [0.15, 0.2) is 12.3 Å². The Morgan fingerprint density at radius 3 is 2.88 bits per heavy atom. The van der Waals surface area contributed by atoms with Gasteiger partial charge in [0.05, 0.1) is 17.8 Å². The van der Waals surface area contributed by atoms with Crippen LogP contribution in [0.2, 0.25) is 0 Å². The molecule has 25 heavy (non-hydrogen) atoms. The number of aromatic amines is 1. The van der Waals surface area contributed by atoms with Crippen LogP contribution >= 0.6 is 0 Å². The molecule has 0 aliphatic carbocycles. The molecule has 1 aliphatic rings. The first-order valence-corrected chi connectivity index (χ1v) is 8.47. The van der Waals surface area contributed by atoms with E-state index >= 15 is 0 Å². The van der Waals surface area contributed by atoms with Crippen LogP contribution in [0.1, 0.15) is 41.4 Å². The molecule has 2 N–H and O–H groups in total. The lowest BCUT2D eigenvalue weighted by molar-refractivity contribution is -0.138. The number of carbonyl (C=O) groups excluding carboxylic acids is 1. The molecule has 0 saturated carbocycles. The maximum absolute atomic E-state index is 12.7. The second-order valence-electron chi connectivity index (χ2n) is 6.60. The Morgan fingerprint density at radius 1 is 1.40 bits per heavy atom. The number of likely N-dealkylation sites (tertiary alicyclic amines) is 1. The summed E-state index contributed by atoms with van der Waals surface area (Å²) in [6.07, 6.45) is 3.92. The minimum atomic E-state index is -0.916. The maximum atomic E-state index is 12.7. The molecule has 1 aliphatic heterocycles. The first-order chi connectivity index (χ1) is 11.9. The first-order valence-electron chi connectivity index (χ1n) is 8.47. The summed E-state index contributed by atoms with van der Waals surface area (Å²) < 4.78 is 1.43. The van der Waals surface area contributed by atoms with Gasteiger partial charge in [0.1, 0.15) is 6.54 Å². The number of aromatic nitrogens is 4. The van der Waals surface area contributed by atoms with Gasteiger partial charge in [-0.25, -0.2) is 0 Å². The Hall–Kier alpha value is -2.64. The summed E-state index contributed by atoms with van der Waals surface area (Å²) in [5.41, 5.74) is 3.63. The molecule has 2 aromatic rings. The summed E-state index contributed by atoms with van der Waals surface area (Å²) in [6.45, 7) is 5.06. The summed E-state index contributed by atoms with van der Waals surface area (Å²) in [5, 5.41) is 20.3. The zero-order chi connectivity index (χ0) is 18.0. The van der Waals surface area contributed by atoms with Crippen LogP contribution in [-0.4, -0.2) is 55.0 Å². The maximum Gasteiger partial charge on any atom is 0.325 e. The van der Waals surface area contributed by atoms with Crippen molar-refractivity contribution in [3.63, 3.8) is 0 Å². The quantitative estimate of drug-likeness (QED) is 0.849. The molecule has 1 fully saturated rings. The number of H-pyrrole nitrogens is 1. The fourth-order valence-electron chi connectivity index (χ4n) is 3.36. The van der Waals surface area contributed by atoms with Crippen molar-refractivity contribution in [3.8, 4) is 0 Å². The lowest BCUT2D eigenvalue weighted by atomic mass is 9.94. The zero-order valence-corrected chi connectivity index (χ0v) is 14.5. The SMILES string of the molecule is Cc1n[nH]c(C)c1CC(=O)N1CCCC(c2ccn(CC(=O)O)n2)C1. The minimum absolute atomic E-state index is 0.0993. The number of hydrogen-bond donors (Lipinski definition) is 2. The molecule has 1 unspecified atom stereocenters. The molecule has 0 bridgehead atoms. The van der Waals surface area contributed by atoms with Crippen molar-refractivity contribution in [2.75, 3.05) is 13.1 Å². The molecule has 1 atom stereocenters. The summed E-state index contributed by atoms with van der Waals surface area (Å²) in [7, 11) is 0. The molecule has 2 aromatic heterocycles. The average molecular weight is 345 g/mol. The number of aryl methyl sites for hydroxylation is 2. The molecular formula is C17H23N5O3. The van der Waals surface area contributed by atoms with E-state index in [-0.39, 0.29) is 18.4 Å². The van der Waals surface area contributed by atoms with Gasteiger partial charge in [0.25, 0.3) is 0 Å². The number of aliphatic carboxylic acids is 1. The van der Waals surface area contributed by atoms with Crippen LogP contribution in [0, 0.1) is 13.8 Å². The number of carboxylic acid groups (broad SMARTS) is 1. The van der Waals surface area contributed by atoms with Gasteiger partial charge in [0, 0.05) is 36.5 Å². The largest absolute Gasteiger partial charge is 0.480 e. The van der Waals surface area contributed by atoms with Crippen LogP contribution < -0.4 is 0 Å². The Balaban J connectivity index is 1.65. The molecule has 3 rings (SSSR count). The first kappa shape index (κ1) is 17.2. The highest BCUT2D eigenvalue weighted by molar-refractivity contribution is 5.79. The van der Waals surface area contributed by atoms with Crippen molar-refractivity contribution in [1.29, 1.82) is 0 Å². The molecule has 1 saturated heterocycles. The van der Waals surface area contributed by atoms with E-state index in [1.807, 2.05) is 24.8 Å². The Morgan fingerprint density at radius 2 is 2.20 bits per heavy atom. The van der Waals surface area contributed by atoms with Gasteiger partial charge in [-0.2, -0.15) is 10.2 Å². The van der Waals surface area contributed by atoms with Crippen molar-refractivity contribution >= 4 is 11.9 Å². The van der Waals surface area contributed by atoms with Crippen molar-refractivity contribution in [1.82, 2.24) is 24.9 Å². The highest BCUT2D eigenvalue weighted by Crippen LogP contribution is 2.26. The minimum Gasteiger partial charge on any atom is -0.480 e. The van der Waals surface area contributed by atoms with Crippen LogP contribution in [0.25, 0.3) is 0 Å². The van der Waals surface area contributed by atoms with Gasteiger partial charge in [-0.1, -0.05) is 0 Å². The average Bonchev–Trinajstić information content (AvgIpc) is 3.16. The van der Waals surface area contributed by atoms with Gasteiger partial charge >= 0.3 is 5.97 Å². The lowest BCUT2D eigenvalue weighted by Crippen LogP contribution is -2.40. The normalized spacial score (nSPS) is 17.7. The number of nitrogens with zero attached hydrogens (tertiary/aromatic N) is 4. The van der Waals surface area contributed by atoms with E-state index in [1.54, 1.807) is 6.20 Å². The third kappa shape index (κ3) is 3.89. The predicted molar refractivity (Wildman–Crippen MR) is 90.2 cm³/mol. The van der Waals surface area contributed by atoms with Gasteiger partial charge < -0.3 is 10.0 Å². The third-order valence-electron chi connectivity index (χ3n) is 4.76. The predicted octanol–water partition coefficient (Wildman–Crippen LogP) is 1.26. The van der Waals surface area contributed by atoms with Gasteiger partial charge in [0.2, 0.25) is 5.91 Å². The summed E-state index contributed by atoms with van der Waals surface area (Å²) in [6, 6.07) is 1.85.